The summed E-state index contributed by atoms with van der Waals surface area (Å²) in [7, 11) is 0. The average Bonchev–Trinajstić information content (AvgIpc) is 3.05. The Hall–Kier alpha value is -2.05. The molecule has 0 atom stereocenters. The molecular formula is C15H14ClNO4S. The molecule has 1 amide bonds. The molecule has 0 fully saturated rings. The normalized spacial score (nSPS) is 10.0. The number of hydrogen-bond donors (Lipinski definition) is 1. The summed E-state index contributed by atoms with van der Waals surface area (Å²) in [6, 6.07) is 10.5. The maximum atomic E-state index is 11.6. The van der Waals surface area contributed by atoms with Gasteiger partial charge in [-0.05, 0) is 23.6 Å². The second-order valence-electron chi connectivity index (χ2n) is 4.16. The van der Waals surface area contributed by atoms with E-state index in [1.165, 1.54) is 11.3 Å². The van der Waals surface area contributed by atoms with Gasteiger partial charge in [0.25, 0.3) is 5.91 Å². The van der Waals surface area contributed by atoms with Gasteiger partial charge >= 0.3 is 5.97 Å². The molecule has 0 aliphatic carbocycles. The van der Waals surface area contributed by atoms with E-state index in [9.17, 15) is 9.59 Å². The Morgan fingerprint density at radius 3 is 2.68 bits per heavy atom. The quantitative estimate of drug-likeness (QED) is 0.622. The van der Waals surface area contributed by atoms with Gasteiger partial charge in [-0.25, -0.2) is 0 Å². The molecule has 0 aliphatic rings. The predicted molar refractivity (Wildman–Crippen MR) is 84.6 cm³/mol. The molecule has 116 valence electrons. The zero-order valence-corrected chi connectivity index (χ0v) is 13.2. The van der Waals surface area contributed by atoms with Crippen LogP contribution in [0.2, 0.25) is 5.02 Å². The van der Waals surface area contributed by atoms with Gasteiger partial charge in [-0.3, -0.25) is 9.59 Å². The van der Waals surface area contributed by atoms with Crippen LogP contribution in [0.5, 0.6) is 5.75 Å². The molecule has 22 heavy (non-hydrogen) atoms. The molecule has 0 spiro atoms. The van der Waals surface area contributed by atoms with E-state index in [2.05, 4.69) is 5.32 Å². The van der Waals surface area contributed by atoms with Crippen molar-refractivity contribution in [1.82, 2.24) is 5.32 Å². The molecule has 2 aromatic rings. The summed E-state index contributed by atoms with van der Waals surface area (Å²) < 4.78 is 10.3. The van der Waals surface area contributed by atoms with Crippen LogP contribution in [0.1, 0.15) is 9.67 Å². The van der Waals surface area contributed by atoms with Crippen molar-refractivity contribution in [1.29, 1.82) is 0 Å². The van der Waals surface area contributed by atoms with E-state index in [4.69, 9.17) is 21.1 Å². The van der Waals surface area contributed by atoms with Crippen LogP contribution in [-0.2, 0) is 9.53 Å². The van der Waals surface area contributed by atoms with Gasteiger partial charge in [0.15, 0.2) is 0 Å². The minimum Gasteiger partial charge on any atom is -0.488 e. The minimum atomic E-state index is -0.521. The Labute approximate surface area is 136 Å². The first-order valence-corrected chi connectivity index (χ1v) is 7.77. The van der Waals surface area contributed by atoms with Crippen molar-refractivity contribution in [2.24, 2.45) is 0 Å². The Kier molecular flexibility index (Phi) is 6.24. The number of thiophene rings is 1. The first kappa shape index (κ1) is 16.3. The highest BCUT2D eigenvalue weighted by Crippen LogP contribution is 2.22. The van der Waals surface area contributed by atoms with Crippen LogP contribution in [0.4, 0.5) is 0 Å². The second kappa shape index (κ2) is 8.41. The van der Waals surface area contributed by atoms with Crippen LogP contribution < -0.4 is 10.1 Å². The van der Waals surface area contributed by atoms with Crippen LogP contribution in [-0.4, -0.2) is 31.6 Å². The molecule has 0 aliphatic heterocycles. The third-order valence-electron chi connectivity index (χ3n) is 2.58. The smallest absolute Gasteiger partial charge is 0.325 e. The first-order chi connectivity index (χ1) is 10.7. The summed E-state index contributed by atoms with van der Waals surface area (Å²) in [6.07, 6.45) is 0. The number of ether oxygens (including phenoxy) is 2. The zero-order chi connectivity index (χ0) is 15.8. The van der Waals surface area contributed by atoms with E-state index in [0.717, 1.165) is 0 Å². The van der Waals surface area contributed by atoms with E-state index >= 15 is 0 Å². The third kappa shape index (κ3) is 5.05. The topological polar surface area (TPSA) is 64.6 Å². The summed E-state index contributed by atoms with van der Waals surface area (Å²) in [5.74, 6) is -0.279. The number of para-hydroxylation sites is 1. The first-order valence-electron chi connectivity index (χ1n) is 6.51. The number of nitrogens with one attached hydrogen (secondary N) is 1. The molecule has 0 unspecified atom stereocenters. The number of hydrogen-bond acceptors (Lipinski definition) is 5. The highest BCUT2D eigenvalue weighted by atomic mass is 35.5. The summed E-state index contributed by atoms with van der Waals surface area (Å²) in [5.41, 5.74) is 0. The van der Waals surface area contributed by atoms with Crippen molar-refractivity contribution in [2.75, 3.05) is 19.8 Å². The van der Waals surface area contributed by atoms with Crippen LogP contribution in [0.15, 0.2) is 41.8 Å². The average molecular weight is 340 g/mol. The minimum absolute atomic E-state index is 0.0823. The molecule has 1 N–H and O–H groups in total. The fourth-order valence-electron chi connectivity index (χ4n) is 1.57. The van der Waals surface area contributed by atoms with Gasteiger partial charge < -0.3 is 14.8 Å². The van der Waals surface area contributed by atoms with Crippen molar-refractivity contribution < 1.29 is 19.1 Å². The third-order valence-corrected chi connectivity index (χ3v) is 3.76. The zero-order valence-electron chi connectivity index (χ0n) is 11.6. The van der Waals surface area contributed by atoms with Crippen molar-refractivity contribution in [3.05, 3.63) is 51.7 Å². The Morgan fingerprint density at radius 1 is 1.14 bits per heavy atom. The molecule has 1 aromatic heterocycles. The van der Waals surface area contributed by atoms with E-state index < -0.39 is 5.97 Å². The molecule has 1 aromatic carbocycles. The Bertz CT molecular complexity index is 630. The largest absolute Gasteiger partial charge is 0.488 e. The van der Waals surface area contributed by atoms with Crippen LogP contribution in [0.3, 0.4) is 0 Å². The lowest BCUT2D eigenvalue weighted by Crippen LogP contribution is -2.30. The summed E-state index contributed by atoms with van der Waals surface area (Å²) in [4.78, 5) is 23.6. The number of carbonyl (C=O) groups excluding carboxylic acids is 2. The lowest BCUT2D eigenvalue weighted by atomic mass is 10.3. The van der Waals surface area contributed by atoms with E-state index in [1.807, 2.05) is 0 Å². The molecule has 5 nitrogen and oxygen atoms in total. The van der Waals surface area contributed by atoms with E-state index in [0.29, 0.717) is 15.6 Å². The molecule has 0 radical (unpaired) electrons. The van der Waals surface area contributed by atoms with Crippen LogP contribution >= 0.6 is 22.9 Å². The summed E-state index contributed by atoms with van der Waals surface area (Å²) in [6.45, 7) is 0.0934. The number of benzene rings is 1. The van der Waals surface area contributed by atoms with E-state index in [1.54, 1.807) is 41.8 Å². The number of amides is 1. The lowest BCUT2D eigenvalue weighted by molar-refractivity contribution is -0.143. The maximum absolute atomic E-state index is 11.6. The molecule has 1 heterocycles. The van der Waals surface area contributed by atoms with Gasteiger partial charge in [0, 0.05) is 0 Å². The van der Waals surface area contributed by atoms with Gasteiger partial charge in [0.05, 0.1) is 9.90 Å². The Balaban J connectivity index is 1.62. The Morgan fingerprint density at radius 2 is 1.95 bits per heavy atom. The van der Waals surface area contributed by atoms with Gasteiger partial charge in [-0.1, -0.05) is 29.8 Å². The van der Waals surface area contributed by atoms with Crippen molar-refractivity contribution in [3.63, 3.8) is 0 Å². The fraction of sp³-hybridized carbons (Fsp3) is 0.200. The highest BCUT2D eigenvalue weighted by molar-refractivity contribution is 7.12. The standard InChI is InChI=1S/C15H14ClNO4S/c16-11-4-1-2-5-12(11)20-7-8-21-14(18)10-17-15(19)13-6-3-9-22-13/h1-6,9H,7-8,10H2,(H,17,19). The van der Waals surface area contributed by atoms with Crippen LogP contribution in [0, 0.1) is 0 Å². The van der Waals surface area contributed by atoms with Crippen molar-refractivity contribution >= 4 is 34.8 Å². The van der Waals surface area contributed by atoms with Crippen molar-refractivity contribution in [2.45, 2.75) is 0 Å². The number of rotatable bonds is 7. The summed E-state index contributed by atoms with van der Waals surface area (Å²) in [5, 5.41) is 4.78. The molecular weight excluding hydrogens is 326 g/mol. The van der Waals surface area contributed by atoms with Gasteiger partial charge in [0.1, 0.15) is 25.5 Å². The van der Waals surface area contributed by atoms with Crippen LogP contribution in [0.25, 0.3) is 0 Å². The summed E-state index contributed by atoms with van der Waals surface area (Å²) >= 11 is 7.23. The number of halogens is 1. The molecule has 0 saturated carbocycles. The molecule has 7 heteroatoms. The van der Waals surface area contributed by atoms with Gasteiger partial charge in [-0.2, -0.15) is 0 Å². The van der Waals surface area contributed by atoms with Gasteiger partial charge in [-0.15, -0.1) is 11.3 Å². The molecule has 0 bridgehead atoms. The van der Waals surface area contributed by atoms with Gasteiger partial charge in [0.2, 0.25) is 0 Å². The predicted octanol–water partition coefficient (Wildman–Crippen LogP) is 2.75. The number of esters is 1. The molecule has 0 saturated heterocycles. The maximum Gasteiger partial charge on any atom is 0.325 e. The molecule has 2 rings (SSSR count). The second-order valence-corrected chi connectivity index (χ2v) is 5.51. The lowest BCUT2D eigenvalue weighted by Gasteiger charge is -2.08. The monoisotopic (exact) mass is 339 g/mol. The SMILES string of the molecule is O=C(CNC(=O)c1cccs1)OCCOc1ccccc1Cl. The van der Waals surface area contributed by atoms with Crippen molar-refractivity contribution in [3.8, 4) is 5.75 Å². The van der Waals surface area contributed by atoms with E-state index in [-0.39, 0.29) is 25.7 Å². The number of carbonyl (C=O) groups is 2. The fourth-order valence-corrected chi connectivity index (χ4v) is 2.40. The highest BCUT2D eigenvalue weighted by Gasteiger charge is 2.09.